The summed E-state index contributed by atoms with van der Waals surface area (Å²) in [4.78, 5) is 27.1. The van der Waals surface area contributed by atoms with Gasteiger partial charge in [-0.3, -0.25) is 9.59 Å². The van der Waals surface area contributed by atoms with Crippen LogP contribution < -0.4 is 5.32 Å². The Morgan fingerprint density at radius 3 is 2.34 bits per heavy atom. The van der Waals surface area contributed by atoms with Gasteiger partial charge in [0.2, 0.25) is 11.8 Å². The summed E-state index contributed by atoms with van der Waals surface area (Å²) < 4.78 is 5.29. The zero-order valence-electron chi connectivity index (χ0n) is 16.2. The third-order valence-electron chi connectivity index (χ3n) is 4.64. The number of carbonyl (C=O) groups is 2. The fourth-order valence-electron chi connectivity index (χ4n) is 3.11. The molecule has 0 fully saturated rings. The van der Waals surface area contributed by atoms with Crippen LogP contribution in [0.25, 0.3) is 0 Å². The van der Waals surface area contributed by atoms with Gasteiger partial charge in [0.05, 0.1) is 12.8 Å². The molecule has 3 aromatic rings. The number of amides is 2. The molecule has 2 amide bonds. The normalized spacial score (nSPS) is 11.7. The zero-order valence-corrected chi connectivity index (χ0v) is 16.9. The number of hydrogen-bond acceptors (Lipinski definition) is 3. The minimum absolute atomic E-state index is 0.172. The standard InChI is InChI=1S/C23H23ClN2O3/c1-17(27)26(16-19-9-11-20(24)12-10-19)22(14-18-6-3-2-4-7-18)23(28)25-15-21-8-5-13-29-21/h2-13,22H,14-16H2,1H3,(H,25,28)/t22-/m0/s1. The number of rotatable bonds is 8. The number of nitrogens with zero attached hydrogens (tertiary/aromatic N) is 1. The predicted molar refractivity (Wildman–Crippen MR) is 112 cm³/mol. The Hall–Kier alpha value is -3.05. The Labute approximate surface area is 175 Å². The molecule has 0 bridgehead atoms. The van der Waals surface area contributed by atoms with Crippen molar-refractivity contribution >= 4 is 23.4 Å². The predicted octanol–water partition coefficient (Wildman–Crippen LogP) is 4.21. The SMILES string of the molecule is CC(=O)N(Cc1ccc(Cl)cc1)[C@@H](Cc1ccccc1)C(=O)NCc1ccco1. The van der Waals surface area contributed by atoms with E-state index in [0.29, 0.717) is 23.7 Å². The molecule has 0 saturated carbocycles. The van der Waals surface area contributed by atoms with Crippen molar-refractivity contribution in [1.82, 2.24) is 10.2 Å². The summed E-state index contributed by atoms with van der Waals surface area (Å²) in [7, 11) is 0. The summed E-state index contributed by atoms with van der Waals surface area (Å²) in [5, 5.41) is 3.51. The van der Waals surface area contributed by atoms with E-state index < -0.39 is 6.04 Å². The highest BCUT2D eigenvalue weighted by molar-refractivity contribution is 6.30. The van der Waals surface area contributed by atoms with Gasteiger partial charge in [0.25, 0.3) is 0 Å². The Kier molecular flexibility index (Phi) is 7.09. The average Bonchev–Trinajstić information content (AvgIpc) is 3.24. The van der Waals surface area contributed by atoms with Gasteiger partial charge < -0.3 is 14.6 Å². The van der Waals surface area contributed by atoms with Crippen LogP contribution in [0.2, 0.25) is 5.02 Å². The van der Waals surface area contributed by atoms with Crippen LogP contribution in [0.3, 0.4) is 0 Å². The fourth-order valence-corrected chi connectivity index (χ4v) is 3.24. The largest absolute Gasteiger partial charge is 0.467 e. The van der Waals surface area contributed by atoms with Gasteiger partial charge in [0.15, 0.2) is 0 Å². The molecule has 0 aliphatic carbocycles. The molecule has 0 radical (unpaired) electrons. The smallest absolute Gasteiger partial charge is 0.243 e. The molecule has 1 N–H and O–H groups in total. The second-order valence-corrected chi connectivity index (χ2v) is 7.21. The van der Waals surface area contributed by atoms with Crippen molar-refractivity contribution in [3.05, 3.63) is 94.9 Å². The third kappa shape index (κ3) is 5.96. The Morgan fingerprint density at radius 2 is 1.72 bits per heavy atom. The lowest BCUT2D eigenvalue weighted by Crippen LogP contribution is -2.49. The quantitative estimate of drug-likeness (QED) is 0.605. The first-order valence-electron chi connectivity index (χ1n) is 9.38. The Balaban J connectivity index is 1.82. The topological polar surface area (TPSA) is 62.6 Å². The highest BCUT2D eigenvalue weighted by atomic mass is 35.5. The van der Waals surface area contributed by atoms with Crippen LogP contribution >= 0.6 is 11.6 Å². The molecule has 150 valence electrons. The molecular weight excluding hydrogens is 388 g/mol. The highest BCUT2D eigenvalue weighted by Crippen LogP contribution is 2.17. The average molecular weight is 411 g/mol. The molecule has 2 aromatic carbocycles. The molecule has 6 heteroatoms. The molecule has 0 aliphatic rings. The van der Waals surface area contributed by atoms with Gasteiger partial charge in [0, 0.05) is 24.9 Å². The van der Waals surface area contributed by atoms with Crippen LogP contribution in [0.1, 0.15) is 23.8 Å². The van der Waals surface area contributed by atoms with Crippen LogP contribution in [0.15, 0.2) is 77.4 Å². The zero-order chi connectivity index (χ0) is 20.6. The number of halogens is 1. The molecule has 29 heavy (non-hydrogen) atoms. The lowest BCUT2D eigenvalue weighted by Gasteiger charge is -2.30. The Morgan fingerprint density at radius 1 is 1.00 bits per heavy atom. The van der Waals surface area contributed by atoms with E-state index in [9.17, 15) is 9.59 Å². The second-order valence-electron chi connectivity index (χ2n) is 6.78. The minimum atomic E-state index is -0.652. The number of furan rings is 1. The lowest BCUT2D eigenvalue weighted by molar-refractivity contribution is -0.139. The minimum Gasteiger partial charge on any atom is -0.467 e. The number of benzene rings is 2. The van der Waals surface area contributed by atoms with Crippen molar-refractivity contribution < 1.29 is 14.0 Å². The monoisotopic (exact) mass is 410 g/mol. The van der Waals surface area contributed by atoms with E-state index in [2.05, 4.69) is 5.32 Å². The van der Waals surface area contributed by atoms with E-state index in [1.165, 1.54) is 6.92 Å². The summed E-state index contributed by atoms with van der Waals surface area (Å²) in [5.41, 5.74) is 1.88. The van der Waals surface area contributed by atoms with Crippen molar-refractivity contribution in [3.8, 4) is 0 Å². The summed E-state index contributed by atoms with van der Waals surface area (Å²) in [5.74, 6) is 0.257. The van der Waals surface area contributed by atoms with Gasteiger partial charge in [-0.05, 0) is 35.4 Å². The summed E-state index contributed by atoms with van der Waals surface area (Å²) in [6, 6.07) is 19.9. The molecule has 0 aliphatic heterocycles. The number of nitrogens with one attached hydrogen (secondary N) is 1. The van der Waals surface area contributed by atoms with E-state index in [4.69, 9.17) is 16.0 Å². The van der Waals surface area contributed by atoms with Crippen LogP contribution in [-0.4, -0.2) is 22.8 Å². The van der Waals surface area contributed by atoms with Crippen molar-refractivity contribution in [2.45, 2.75) is 32.5 Å². The van der Waals surface area contributed by atoms with Crippen molar-refractivity contribution in [3.63, 3.8) is 0 Å². The van der Waals surface area contributed by atoms with E-state index >= 15 is 0 Å². The summed E-state index contributed by atoms with van der Waals surface area (Å²) in [6.07, 6.45) is 1.98. The van der Waals surface area contributed by atoms with Crippen molar-refractivity contribution in [2.75, 3.05) is 0 Å². The van der Waals surface area contributed by atoms with Gasteiger partial charge in [-0.15, -0.1) is 0 Å². The van der Waals surface area contributed by atoms with E-state index in [1.54, 1.807) is 35.4 Å². The van der Waals surface area contributed by atoms with Gasteiger partial charge in [-0.2, -0.15) is 0 Å². The summed E-state index contributed by atoms with van der Waals surface area (Å²) >= 11 is 5.97. The summed E-state index contributed by atoms with van der Waals surface area (Å²) in [6.45, 7) is 2.07. The molecule has 3 rings (SSSR count). The Bertz CT molecular complexity index is 925. The van der Waals surface area contributed by atoms with E-state index in [0.717, 1.165) is 11.1 Å². The molecule has 0 unspecified atom stereocenters. The third-order valence-corrected chi connectivity index (χ3v) is 4.89. The highest BCUT2D eigenvalue weighted by Gasteiger charge is 2.28. The van der Waals surface area contributed by atoms with Crippen molar-refractivity contribution in [1.29, 1.82) is 0 Å². The lowest BCUT2D eigenvalue weighted by atomic mass is 10.0. The van der Waals surface area contributed by atoms with Crippen LogP contribution in [0.5, 0.6) is 0 Å². The molecule has 1 atom stereocenters. The van der Waals surface area contributed by atoms with E-state index in [-0.39, 0.29) is 18.4 Å². The molecular formula is C23H23ClN2O3. The molecule has 5 nitrogen and oxygen atoms in total. The second kappa shape index (κ2) is 9.94. The van der Waals surface area contributed by atoms with Gasteiger partial charge >= 0.3 is 0 Å². The maximum atomic E-state index is 13.1. The molecule has 1 heterocycles. The number of carbonyl (C=O) groups excluding carboxylic acids is 2. The first kappa shape index (κ1) is 20.7. The van der Waals surface area contributed by atoms with Crippen molar-refractivity contribution in [2.24, 2.45) is 0 Å². The van der Waals surface area contributed by atoms with Crippen LogP contribution in [0, 0.1) is 0 Å². The molecule has 0 spiro atoms. The van der Waals surface area contributed by atoms with E-state index in [1.807, 2.05) is 42.5 Å². The van der Waals surface area contributed by atoms with Gasteiger partial charge in [0.1, 0.15) is 11.8 Å². The first-order valence-corrected chi connectivity index (χ1v) is 9.76. The van der Waals surface area contributed by atoms with Gasteiger partial charge in [-0.25, -0.2) is 0 Å². The maximum Gasteiger partial charge on any atom is 0.243 e. The maximum absolute atomic E-state index is 13.1. The fraction of sp³-hybridized carbons (Fsp3) is 0.217. The number of hydrogen-bond donors (Lipinski definition) is 1. The van der Waals surface area contributed by atoms with Crippen LogP contribution in [0.4, 0.5) is 0 Å². The van der Waals surface area contributed by atoms with Gasteiger partial charge in [-0.1, -0.05) is 54.1 Å². The molecule has 0 saturated heterocycles. The first-order chi connectivity index (χ1) is 14.0. The molecule has 1 aromatic heterocycles. The van der Waals surface area contributed by atoms with Crippen LogP contribution in [-0.2, 0) is 29.1 Å².